The van der Waals surface area contributed by atoms with Gasteiger partial charge in [0.2, 0.25) is 0 Å². The normalized spacial score (nSPS) is 21.6. The maximum Gasteiger partial charge on any atom is 0.189 e. The van der Waals surface area contributed by atoms with Gasteiger partial charge in [-0.25, -0.2) is 9.97 Å². The van der Waals surface area contributed by atoms with Crippen LogP contribution in [-0.4, -0.2) is 46.2 Å². The Bertz CT molecular complexity index is 580. The molecular weight excluding hydrogens is 372 g/mol. The fourth-order valence-corrected chi connectivity index (χ4v) is 4.17. The second-order valence-corrected chi connectivity index (χ2v) is 8.16. The maximum absolute atomic E-state index is 8.87. The van der Waals surface area contributed by atoms with Crippen molar-refractivity contribution in [1.82, 2.24) is 9.97 Å². The first-order chi connectivity index (χ1) is 12.6. The van der Waals surface area contributed by atoms with Gasteiger partial charge >= 0.3 is 0 Å². The quantitative estimate of drug-likeness (QED) is 0.259. The third kappa shape index (κ3) is 6.44. The lowest BCUT2D eigenvalue weighted by Crippen LogP contribution is -2.13. The zero-order chi connectivity index (χ0) is 18.9. The van der Waals surface area contributed by atoms with Crippen LogP contribution in [-0.2, 0) is 4.74 Å². The second-order valence-electron chi connectivity index (χ2n) is 6.57. The molecule has 0 spiro atoms. The highest BCUT2D eigenvalue weighted by Crippen LogP contribution is 2.33. The lowest BCUT2D eigenvalue weighted by Gasteiger charge is -2.15. The molecule has 0 aliphatic heterocycles. The average molecular weight is 401 g/mol. The van der Waals surface area contributed by atoms with Gasteiger partial charge in [-0.05, 0) is 50.7 Å². The summed E-state index contributed by atoms with van der Waals surface area (Å²) < 4.78 is 5.65. The van der Waals surface area contributed by atoms with E-state index in [1.807, 2.05) is 6.92 Å². The summed E-state index contributed by atoms with van der Waals surface area (Å²) in [5, 5.41) is 18.8. The molecule has 26 heavy (non-hydrogen) atoms. The SMILES string of the molecule is CCSc1nc(C)c(N=NC(CC)CC2CCC(OCCO)C2)c(Cl)n1. The first kappa shape index (κ1) is 21.5. The largest absolute Gasteiger partial charge is 0.394 e. The van der Waals surface area contributed by atoms with Crippen molar-refractivity contribution in [3.8, 4) is 0 Å². The van der Waals surface area contributed by atoms with Crippen LogP contribution in [0.1, 0.15) is 51.6 Å². The highest BCUT2D eigenvalue weighted by molar-refractivity contribution is 7.99. The molecule has 3 atom stereocenters. The number of nitrogens with zero attached hydrogens (tertiary/aromatic N) is 4. The van der Waals surface area contributed by atoms with Crippen LogP contribution in [0.2, 0.25) is 5.15 Å². The molecule has 0 aromatic carbocycles. The molecule has 1 aromatic rings. The van der Waals surface area contributed by atoms with Crippen LogP contribution in [0.15, 0.2) is 15.4 Å². The van der Waals surface area contributed by atoms with Gasteiger partial charge in [-0.15, -0.1) is 0 Å². The lowest BCUT2D eigenvalue weighted by atomic mass is 9.97. The van der Waals surface area contributed by atoms with Gasteiger partial charge in [0.25, 0.3) is 0 Å². The number of hydrogen-bond acceptors (Lipinski definition) is 7. The first-order valence-electron chi connectivity index (χ1n) is 9.37. The van der Waals surface area contributed by atoms with Crippen molar-refractivity contribution in [1.29, 1.82) is 0 Å². The number of azo groups is 1. The standard InChI is InChI=1S/C18H29ClN4O2S/c1-4-14(10-13-6-7-15(11-13)25-9-8-24)22-23-16-12(3)20-18(26-5-2)21-17(16)19/h13-15,24H,4-11H2,1-3H3. The second kappa shape index (κ2) is 11.2. The summed E-state index contributed by atoms with van der Waals surface area (Å²) in [4.78, 5) is 8.74. The number of halogens is 1. The van der Waals surface area contributed by atoms with E-state index in [4.69, 9.17) is 21.4 Å². The van der Waals surface area contributed by atoms with Gasteiger partial charge in [-0.2, -0.15) is 10.2 Å². The average Bonchev–Trinajstić information content (AvgIpc) is 3.05. The number of rotatable bonds is 10. The molecule has 0 amide bonds. The monoisotopic (exact) mass is 400 g/mol. The fourth-order valence-electron chi connectivity index (χ4n) is 3.25. The van der Waals surface area contributed by atoms with Crippen LogP contribution in [0.3, 0.4) is 0 Å². The van der Waals surface area contributed by atoms with Gasteiger partial charge in [-0.1, -0.05) is 37.2 Å². The molecule has 1 N–H and O–H groups in total. The molecule has 146 valence electrons. The molecule has 1 aromatic heterocycles. The van der Waals surface area contributed by atoms with Gasteiger partial charge in [0.15, 0.2) is 10.3 Å². The van der Waals surface area contributed by atoms with Crippen molar-refractivity contribution < 1.29 is 9.84 Å². The Morgan fingerprint density at radius 2 is 2.15 bits per heavy atom. The number of ether oxygens (including phenoxy) is 1. The number of hydrogen-bond donors (Lipinski definition) is 1. The van der Waals surface area contributed by atoms with Gasteiger partial charge in [0.05, 0.1) is 31.1 Å². The predicted molar refractivity (Wildman–Crippen MR) is 106 cm³/mol. The van der Waals surface area contributed by atoms with Gasteiger partial charge < -0.3 is 9.84 Å². The lowest BCUT2D eigenvalue weighted by molar-refractivity contribution is 0.0305. The molecule has 8 heteroatoms. The summed E-state index contributed by atoms with van der Waals surface area (Å²) in [6, 6.07) is 0.164. The van der Waals surface area contributed by atoms with E-state index in [1.165, 1.54) is 0 Å². The number of aliphatic hydroxyl groups excluding tert-OH is 1. The summed E-state index contributed by atoms with van der Waals surface area (Å²) >= 11 is 7.84. The summed E-state index contributed by atoms with van der Waals surface area (Å²) in [6.07, 6.45) is 5.46. The Hall–Kier alpha value is -0.760. The zero-order valence-electron chi connectivity index (χ0n) is 15.8. The molecule has 1 fully saturated rings. The Morgan fingerprint density at radius 1 is 1.35 bits per heavy atom. The topological polar surface area (TPSA) is 80.0 Å². The molecule has 6 nitrogen and oxygen atoms in total. The number of aliphatic hydroxyl groups is 1. The highest BCUT2D eigenvalue weighted by Gasteiger charge is 2.27. The smallest absolute Gasteiger partial charge is 0.189 e. The Labute approximate surface area is 165 Å². The fraction of sp³-hybridized carbons (Fsp3) is 0.778. The maximum atomic E-state index is 8.87. The molecule has 1 saturated carbocycles. The summed E-state index contributed by atoms with van der Waals surface area (Å²) in [5.74, 6) is 1.50. The van der Waals surface area contributed by atoms with E-state index in [-0.39, 0.29) is 18.8 Å². The predicted octanol–water partition coefficient (Wildman–Crippen LogP) is 4.98. The Morgan fingerprint density at radius 3 is 2.81 bits per heavy atom. The van der Waals surface area contributed by atoms with E-state index < -0.39 is 0 Å². The van der Waals surface area contributed by atoms with Crippen LogP contribution in [0.4, 0.5) is 5.69 Å². The van der Waals surface area contributed by atoms with Gasteiger partial charge in [-0.3, -0.25) is 0 Å². The molecule has 1 aliphatic rings. The van der Waals surface area contributed by atoms with E-state index >= 15 is 0 Å². The first-order valence-corrected chi connectivity index (χ1v) is 10.7. The summed E-state index contributed by atoms with van der Waals surface area (Å²) in [7, 11) is 0. The zero-order valence-corrected chi connectivity index (χ0v) is 17.4. The number of aryl methyl sites for hydroxylation is 1. The molecule has 0 radical (unpaired) electrons. The van der Waals surface area contributed by atoms with Gasteiger partial charge in [0, 0.05) is 0 Å². The summed E-state index contributed by atoms with van der Waals surface area (Å²) in [6.45, 7) is 6.59. The summed E-state index contributed by atoms with van der Waals surface area (Å²) in [5.41, 5.74) is 1.33. The van der Waals surface area contributed by atoms with Crippen molar-refractivity contribution in [2.45, 2.75) is 70.2 Å². The number of thioether (sulfide) groups is 1. The number of aromatic nitrogens is 2. The molecule has 0 saturated heterocycles. The van der Waals surface area contributed by atoms with Crippen LogP contribution in [0, 0.1) is 12.8 Å². The van der Waals surface area contributed by atoms with Crippen LogP contribution >= 0.6 is 23.4 Å². The van der Waals surface area contributed by atoms with Crippen molar-refractivity contribution in [2.24, 2.45) is 16.1 Å². The molecule has 2 rings (SSSR count). The minimum atomic E-state index is 0.0880. The van der Waals surface area contributed by atoms with Crippen molar-refractivity contribution in [2.75, 3.05) is 19.0 Å². The minimum absolute atomic E-state index is 0.0880. The van der Waals surface area contributed by atoms with Crippen LogP contribution in [0.25, 0.3) is 0 Å². The third-order valence-electron chi connectivity index (χ3n) is 4.60. The molecular formula is C18H29ClN4O2S. The van der Waals surface area contributed by atoms with E-state index in [1.54, 1.807) is 11.8 Å². The van der Waals surface area contributed by atoms with E-state index in [0.717, 1.165) is 43.6 Å². The molecule has 1 aliphatic carbocycles. The Balaban J connectivity index is 1.95. The molecule has 3 unspecified atom stereocenters. The molecule has 1 heterocycles. The van der Waals surface area contributed by atoms with Crippen LogP contribution < -0.4 is 0 Å². The Kier molecular flexibility index (Phi) is 9.25. The minimum Gasteiger partial charge on any atom is -0.394 e. The van der Waals surface area contributed by atoms with Crippen molar-refractivity contribution in [3.63, 3.8) is 0 Å². The van der Waals surface area contributed by atoms with Crippen molar-refractivity contribution in [3.05, 3.63) is 10.8 Å². The van der Waals surface area contributed by atoms with Crippen LogP contribution in [0.5, 0.6) is 0 Å². The van der Waals surface area contributed by atoms with E-state index in [9.17, 15) is 0 Å². The van der Waals surface area contributed by atoms with Gasteiger partial charge in [0.1, 0.15) is 5.69 Å². The van der Waals surface area contributed by atoms with Crippen molar-refractivity contribution >= 4 is 29.1 Å². The van der Waals surface area contributed by atoms with E-state index in [0.29, 0.717) is 28.5 Å². The molecule has 0 bridgehead atoms. The van der Waals surface area contributed by atoms with E-state index in [2.05, 4.69) is 34.0 Å². The highest BCUT2D eigenvalue weighted by atomic mass is 35.5. The third-order valence-corrected chi connectivity index (χ3v) is 5.60.